The molecular weight excluding hydrogens is 196 g/mol. The van der Waals surface area contributed by atoms with Crippen LogP contribution in [0, 0.1) is 28.6 Å². The number of aliphatic hydroxyl groups excluding tert-OH is 1. The van der Waals surface area contributed by atoms with Gasteiger partial charge in [-0.1, -0.05) is 26.8 Å². The third-order valence-electron chi connectivity index (χ3n) is 5.66. The van der Waals surface area contributed by atoms with E-state index in [1.807, 2.05) is 0 Å². The van der Waals surface area contributed by atoms with Crippen LogP contribution in [-0.4, -0.2) is 11.7 Å². The largest absolute Gasteiger partial charge is 0.392 e. The minimum absolute atomic E-state index is 0.290. The molecule has 0 aromatic carbocycles. The van der Waals surface area contributed by atoms with Crippen molar-refractivity contribution in [3.05, 3.63) is 11.6 Å². The predicted octanol–water partition coefficient (Wildman–Crippen LogP) is 3.39. The van der Waals surface area contributed by atoms with E-state index in [-0.39, 0.29) is 6.61 Å². The smallest absolute Gasteiger partial charge is 0.0644 e. The summed E-state index contributed by atoms with van der Waals surface area (Å²) in [5.74, 6) is 2.47. The van der Waals surface area contributed by atoms with Crippen LogP contribution in [0.2, 0.25) is 0 Å². The molecule has 0 saturated heterocycles. The molecule has 16 heavy (non-hydrogen) atoms. The number of allylic oxidation sites excluding steroid dienone is 1. The van der Waals surface area contributed by atoms with Gasteiger partial charge < -0.3 is 5.11 Å². The number of hydrogen-bond acceptors (Lipinski definition) is 1. The Kier molecular flexibility index (Phi) is 2.12. The topological polar surface area (TPSA) is 20.2 Å². The van der Waals surface area contributed by atoms with Crippen LogP contribution in [0.1, 0.15) is 46.5 Å². The number of hydrogen-bond donors (Lipinski definition) is 1. The van der Waals surface area contributed by atoms with Crippen molar-refractivity contribution < 1.29 is 5.11 Å². The molecule has 1 N–H and O–H groups in total. The van der Waals surface area contributed by atoms with E-state index in [9.17, 15) is 5.11 Å². The average molecular weight is 220 g/mol. The Hall–Kier alpha value is -0.300. The van der Waals surface area contributed by atoms with Crippen LogP contribution in [-0.2, 0) is 0 Å². The minimum atomic E-state index is 0.290. The van der Waals surface area contributed by atoms with E-state index in [1.165, 1.54) is 31.3 Å². The van der Waals surface area contributed by atoms with Crippen molar-refractivity contribution in [2.24, 2.45) is 28.6 Å². The molecule has 1 heteroatoms. The highest BCUT2D eigenvalue weighted by Crippen LogP contribution is 2.69. The van der Waals surface area contributed by atoms with Crippen molar-refractivity contribution in [2.45, 2.75) is 46.5 Å². The maximum atomic E-state index is 9.48. The van der Waals surface area contributed by atoms with Crippen LogP contribution in [0.3, 0.4) is 0 Å². The molecule has 0 bridgehead atoms. The van der Waals surface area contributed by atoms with Gasteiger partial charge in [0.25, 0.3) is 0 Å². The van der Waals surface area contributed by atoms with Gasteiger partial charge in [0.15, 0.2) is 0 Å². The number of fused-ring (bicyclic) bond motifs is 3. The summed E-state index contributed by atoms with van der Waals surface area (Å²) < 4.78 is 0. The fourth-order valence-corrected chi connectivity index (χ4v) is 4.61. The van der Waals surface area contributed by atoms with Gasteiger partial charge >= 0.3 is 0 Å². The van der Waals surface area contributed by atoms with Gasteiger partial charge in [0, 0.05) is 0 Å². The van der Waals surface area contributed by atoms with E-state index >= 15 is 0 Å². The van der Waals surface area contributed by atoms with Crippen molar-refractivity contribution in [2.75, 3.05) is 6.61 Å². The van der Waals surface area contributed by atoms with Gasteiger partial charge in [0.05, 0.1) is 6.61 Å². The van der Waals surface area contributed by atoms with Crippen molar-refractivity contribution in [3.8, 4) is 0 Å². The molecule has 1 unspecified atom stereocenters. The van der Waals surface area contributed by atoms with Crippen molar-refractivity contribution in [1.29, 1.82) is 0 Å². The third kappa shape index (κ3) is 1.40. The zero-order valence-corrected chi connectivity index (χ0v) is 10.8. The van der Waals surface area contributed by atoms with Crippen LogP contribution in [0.15, 0.2) is 11.6 Å². The second kappa shape index (κ2) is 3.13. The van der Waals surface area contributed by atoms with Gasteiger partial charge in [-0.15, -0.1) is 0 Å². The minimum Gasteiger partial charge on any atom is -0.392 e. The molecule has 0 aromatic heterocycles. The normalized spacial score (nSPS) is 49.0. The van der Waals surface area contributed by atoms with E-state index in [0.29, 0.717) is 16.7 Å². The number of rotatable bonds is 1. The molecule has 0 amide bonds. The van der Waals surface area contributed by atoms with Crippen LogP contribution in [0.25, 0.3) is 0 Å². The molecule has 3 aliphatic rings. The summed E-state index contributed by atoms with van der Waals surface area (Å²) in [6, 6.07) is 0. The van der Waals surface area contributed by atoms with Crippen molar-refractivity contribution in [1.82, 2.24) is 0 Å². The summed E-state index contributed by atoms with van der Waals surface area (Å²) in [7, 11) is 0. The summed E-state index contributed by atoms with van der Waals surface area (Å²) in [5.41, 5.74) is 2.42. The highest BCUT2D eigenvalue weighted by Gasteiger charge is 2.61. The SMILES string of the molecule is CC1(C)CC2C(CO)=CC[C@H]2[C@]2(C)C[C@@H]2C1. The maximum absolute atomic E-state index is 9.48. The van der Waals surface area contributed by atoms with Crippen LogP contribution in [0.5, 0.6) is 0 Å². The van der Waals surface area contributed by atoms with Gasteiger partial charge in [-0.3, -0.25) is 0 Å². The highest BCUT2D eigenvalue weighted by molar-refractivity contribution is 5.23. The fourth-order valence-electron chi connectivity index (χ4n) is 4.61. The van der Waals surface area contributed by atoms with E-state index in [1.54, 1.807) is 0 Å². The van der Waals surface area contributed by atoms with Gasteiger partial charge in [-0.25, -0.2) is 0 Å². The van der Waals surface area contributed by atoms with Gasteiger partial charge in [0.2, 0.25) is 0 Å². The zero-order valence-electron chi connectivity index (χ0n) is 10.8. The summed E-state index contributed by atoms with van der Waals surface area (Å²) in [6.07, 6.45) is 7.68. The summed E-state index contributed by atoms with van der Waals surface area (Å²) >= 11 is 0. The Balaban J connectivity index is 1.92. The molecule has 2 saturated carbocycles. The van der Waals surface area contributed by atoms with Gasteiger partial charge in [-0.05, 0) is 59.8 Å². The number of aliphatic hydroxyl groups is 1. The molecule has 1 nitrogen and oxygen atoms in total. The first-order valence-electron chi connectivity index (χ1n) is 6.76. The molecular formula is C15H24O. The molecule has 0 radical (unpaired) electrons. The second-order valence-corrected chi connectivity index (χ2v) is 7.37. The molecule has 2 fully saturated rings. The molecule has 0 aliphatic heterocycles. The Bertz CT molecular complexity index is 341. The van der Waals surface area contributed by atoms with E-state index in [4.69, 9.17) is 0 Å². The monoisotopic (exact) mass is 220 g/mol. The third-order valence-corrected chi connectivity index (χ3v) is 5.66. The molecule has 3 rings (SSSR count). The predicted molar refractivity (Wildman–Crippen MR) is 66.0 cm³/mol. The van der Waals surface area contributed by atoms with Crippen LogP contribution >= 0.6 is 0 Å². The second-order valence-electron chi connectivity index (χ2n) is 7.37. The van der Waals surface area contributed by atoms with E-state index in [0.717, 1.165) is 11.8 Å². The van der Waals surface area contributed by atoms with E-state index < -0.39 is 0 Å². The first kappa shape index (κ1) is 10.8. The lowest BCUT2D eigenvalue weighted by atomic mass is 9.74. The Morgan fingerprint density at radius 1 is 1.25 bits per heavy atom. The van der Waals surface area contributed by atoms with Gasteiger partial charge in [0.1, 0.15) is 0 Å². The fraction of sp³-hybridized carbons (Fsp3) is 0.867. The molecule has 90 valence electrons. The lowest BCUT2D eigenvalue weighted by molar-refractivity contribution is 0.208. The molecule has 0 spiro atoms. The lowest BCUT2D eigenvalue weighted by Crippen LogP contribution is -2.23. The molecule has 4 atom stereocenters. The standard InChI is InChI=1S/C15H24O/c1-14(2)6-11-7-15(11,3)13-5-4-10(9-16)12(13)8-14/h4,11-13,16H,5-9H2,1-3H3/t11-,12?,13+,15+/m0/s1. The van der Waals surface area contributed by atoms with Crippen molar-refractivity contribution >= 4 is 0 Å². The Morgan fingerprint density at radius 2 is 2.00 bits per heavy atom. The Morgan fingerprint density at radius 3 is 2.69 bits per heavy atom. The molecule has 3 aliphatic carbocycles. The van der Waals surface area contributed by atoms with Gasteiger partial charge in [-0.2, -0.15) is 0 Å². The summed E-state index contributed by atoms with van der Waals surface area (Å²) in [6.45, 7) is 7.62. The quantitative estimate of drug-likeness (QED) is 0.672. The molecule has 0 aromatic rings. The average Bonchev–Trinajstić information content (AvgIpc) is 2.68. The molecule has 0 heterocycles. The lowest BCUT2D eigenvalue weighted by Gasteiger charge is -2.31. The Labute approximate surface area is 98.9 Å². The van der Waals surface area contributed by atoms with E-state index in [2.05, 4.69) is 26.8 Å². The van der Waals surface area contributed by atoms with Crippen LogP contribution < -0.4 is 0 Å². The van der Waals surface area contributed by atoms with Crippen molar-refractivity contribution in [3.63, 3.8) is 0 Å². The summed E-state index contributed by atoms with van der Waals surface area (Å²) in [5, 5.41) is 9.48. The highest BCUT2D eigenvalue weighted by atomic mass is 16.3. The summed E-state index contributed by atoms with van der Waals surface area (Å²) in [4.78, 5) is 0. The first-order valence-corrected chi connectivity index (χ1v) is 6.76. The first-order chi connectivity index (χ1) is 7.46. The maximum Gasteiger partial charge on any atom is 0.0644 e. The zero-order chi connectivity index (χ0) is 11.6. The van der Waals surface area contributed by atoms with Crippen LogP contribution in [0.4, 0.5) is 0 Å².